The van der Waals surface area contributed by atoms with Gasteiger partial charge in [-0.3, -0.25) is 0 Å². The van der Waals surface area contributed by atoms with E-state index in [-0.39, 0.29) is 0 Å². The van der Waals surface area contributed by atoms with E-state index in [1.165, 1.54) is 0 Å². The van der Waals surface area contributed by atoms with Gasteiger partial charge in [-0.2, -0.15) is 0 Å². The summed E-state index contributed by atoms with van der Waals surface area (Å²) in [5.74, 6) is 0. The summed E-state index contributed by atoms with van der Waals surface area (Å²) in [5.41, 5.74) is 0. The van der Waals surface area contributed by atoms with E-state index < -0.39 is 0 Å². The topological polar surface area (TPSA) is 0 Å². The highest BCUT2D eigenvalue weighted by Crippen LogP contribution is 1.87. The summed E-state index contributed by atoms with van der Waals surface area (Å²) >= 11 is 9.74. The average Bonchev–Trinajstić information content (AvgIpc) is 1.50. The second kappa shape index (κ2) is 18.1. The first-order valence-corrected chi connectivity index (χ1v) is 9.96. The molecule has 0 amide bonds. The zero-order valence-corrected chi connectivity index (χ0v) is 9.00. The van der Waals surface area contributed by atoms with Crippen LogP contribution in [0.5, 0.6) is 0 Å². The standard InChI is InChI=1S/2BrI/c2*1-2. The highest BCUT2D eigenvalue weighted by atomic mass is 127. The lowest BCUT2D eigenvalue weighted by Gasteiger charge is -1.00. The number of rotatable bonds is 0. The van der Waals surface area contributed by atoms with Gasteiger partial charge in [0.05, 0.1) is 0 Å². The van der Waals surface area contributed by atoms with Gasteiger partial charge in [0.1, 0.15) is 0 Å². The maximum Gasteiger partial charge on any atom is 0.00711 e. The first kappa shape index (κ1) is 9.65. The third-order valence-electron chi connectivity index (χ3n) is 0. The molecule has 0 rings (SSSR count). The lowest BCUT2D eigenvalue weighted by molar-refractivity contribution is 8.74. The third kappa shape index (κ3) is 8.83. The molecule has 0 aliphatic carbocycles. The Hall–Kier alpha value is 2.42. The summed E-state index contributed by atoms with van der Waals surface area (Å²) in [6, 6.07) is 0. The minimum absolute atomic E-state index is 1.96. The average molecular weight is 414 g/mol. The van der Waals surface area contributed by atoms with Gasteiger partial charge in [0.2, 0.25) is 0 Å². The highest BCUT2D eigenvalue weighted by molar-refractivity contribution is 14.2. The fourth-order valence-corrected chi connectivity index (χ4v) is 0. The molecule has 28 valence electrons. The van der Waals surface area contributed by atoms with E-state index in [1.807, 2.05) is 40.7 Å². The molecule has 0 spiro atoms. The minimum Gasteiger partial charge on any atom is -0.00711 e. The van der Waals surface area contributed by atoms with Crippen LogP contribution in [0.15, 0.2) is 0 Å². The van der Waals surface area contributed by atoms with Crippen LogP contribution < -0.4 is 0 Å². The molecule has 0 heterocycles. The normalized spacial score (nSPS) is 3.00. The van der Waals surface area contributed by atoms with E-state index in [0.717, 1.165) is 0 Å². The fraction of sp³-hybridized carbons (Fsp3) is 0. The predicted molar refractivity (Wildman–Crippen MR) is 45.9 cm³/mol. The van der Waals surface area contributed by atoms with Crippen LogP contribution in [0.25, 0.3) is 0 Å². The Balaban J connectivity index is 0. The third-order valence-corrected chi connectivity index (χ3v) is 0. The Morgan fingerprint density at radius 2 is 0.750 bits per heavy atom. The summed E-state index contributed by atoms with van der Waals surface area (Å²) < 4.78 is 0. The molecule has 0 aromatic carbocycles. The Kier molecular flexibility index (Phi) is 43.6. The van der Waals surface area contributed by atoms with Crippen molar-refractivity contribution in [1.29, 1.82) is 0 Å². The quantitative estimate of drug-likeness (QED) is 0.534. The Labute approximate surface area is 64.9 Å². The van der Waals surface area contributed by atoms with Crippen LogP contribution >= 0.6 is 66.1 Å². The molecule has 0 nitrogen and oxygen atoms in total. The van der Waals surface area contributed by atoms with Gasteiger partial charge in [-0.25, -0.2) is 0 Å². The van der Waals surface area contributed by atoms with Crippen LogP contribution in [0.3, 0.4) is 0 Å². The zero-order valence-electron chi connectivity index (χ0n) is 1.51. The van der Waals surface area contributed by atoms with Crippen LogP contribution in [0, 0.1) is 0 Å². The fourth-order valence-electron chi connectivity index (χ4n) is 0. The lowest BCUT2D eigenvalue weighted by atomic mass is 79.9. The van der Waals surface area contributed by atoms with E-state index in [1.54, 1.807) is 0 Å². The SMILES string of the molecule is BrI.BrI. The number of hydrogen-bond donors (Lipinski definition) is 0. The smallest absolute Gasteiger partial charge is 0.00711 e. The first-order chi connectivity index (χ1) is 2.00. The molecule has 0 aliphatic heterocycles. The summed E-state index contributed by atoms with van der Waals surface area (Å²) in [7, 11) is 0. The summed E-state index contributed by atoms with van der Waals surface area (Å²) in [4.78, 5) is 0. The van der Waals surface area contributed by atoms with Crippen molar-refractivity contribution in [2.75, 3.05) is 0 Å². The largest absolute Gasteiger partial charge is 0.00711 e. The van der Waals surface area contributed by atoms with Crippen LogP contribution in [-0.4, -0.2) is 0 Å². The van der Waals surface area contributed by atoms with Crippen LogP contribution in [0.2, 0.25) is 0 Å². The van der Waals surface area contributed by atoms with E-state index in [9.17, 15) is 0 Å². The summed E-state index contributed by atoms with van der Waals surface area (Å²) in [5, 5.41) is 0. The zero-order chi connectivity index (χ0) is 4.00. The summed E-state index contributed by atoms with van der Waals surface area (Å²) in [6.07, 6.45) is 0. The maximum atomic E-state index is 2.91. The minimum atomic E-state index is 1.96. The van der Waals surface area contributed by atoms with E-state index in [0.29, 0.717) is 0 Å². The van der Waals surface area contributed by atoms with Crippen molar-refractivity contribution in [2.24, 2.45) is 0 Å². The second-order valence-corrected chi connectivity index (χ2v) is 0. The van der Waals surface area contributed by atoms with Gasteiger partial charge in [-0.15, -0.1) is 0 Å². The molecule has 4 heteroatoms. The van der Waals surface area contributed by atoms with Gasteiger partial charge in [0.15, 0.2) is 0 Å². The van der Waals surface area contributed by atoms with E-state index in [4.69, 9.17) is 0 Å². The Morgan fingerprint density at radius 3 is 0.750 bits per heavy atom. The van der Waals surface area contributed by atoms with Gasteiger partial charge in [0, 0.05) is 40.7 Å². The molecular weight excluding hydrogens is 414 g/mol. The van der Waals surface area contributed by atoms with Crippen LogP contribution in [0.4, 0.5) is 0 Å². The molecule has 0 unspecified atom stereocenters. The van der Waals surface area contributed by atoms with E-state index >= 15 is 0 Å². The Bertz CT molecular complexity index is 4.00. The van der Waals surface area contributed by atoms with Crippen molar-refractivity contribution in [3.8, 4) is 0 Å². The molecule has 0 saturated heterocycles. The van der Waals surface area contributed by atoms with Gasteiger partial charge >= 0.3 is 0 Å². The maximum absolute atomic E-state index is 2.91. The molecule has 0 aromatic rings. The van der Waals surface area contributed by atoms with Crippen LogP contribution in [-0.2, 0) is 0 Å². The van der Waals surface area contributed by atoms with Gasteiger partial charge in [-0.05, 0) is 25.4 Å². The van der Waals surface area contributed by atoms with Crippen molar-refractivity contribution in [2.45, 2.75) is 0 Å². The molecule has 0 radical (unpaired) electrons. The molecule has 0 aliphatic rings. The number of hydrogen-bond acceptors (Lipinski definition) is 0. The molecule has 0 atom stereocenters. The molecule has 0 fully saturated rings. The molecular formula is Br2I2. The molecule has 4 heavy (non-hydrogen) atoms. The molecule has 0 N–H and O–H groups in total. The number of halogens is 4. The summed E-state index contributed by atoms with van der Waals surface area (Å²) in [6.45, 7) is 0. The lowest BCUT2D eigenvalue weighted by Crippen LogP contribution is -0.135. The second-order valence-electron chi connectivity index (χ2n) is 0. The molecule has 0 saturated carbocycles. The van der Waals surface area contributed by atoms with Gasteiger partial charge in [0.25, 0.3) is 0 Å². The van der Waals surface area contributed by atoms with Crippen molar-refractivity contribution >= 4 is 66.1 Å². The van der Waals surface area contributed by atoms with Crippen molar-refractivity contribution in [1.82, 2.24) is 0 Å². The Morgan fingerprint density at radius 1 is 0.750 bits per heavy atom. The monoisotopic (exact) mass is 412 g/mol. The van der Waals surface area contributed by atoms with E-state index in [2.05, 4.69) is 25.4 Å². The van der Waals surface area contributed by atoms with Crippen molar-refractivity contribution in [3.05, 3.63) is 0 Å². The predicted octanol–water partition coefficient (Wildman–Crippen LogP) is 3.46. The van der Waals surface area contributed by atoms with Gasteiger partial charge in [-0.1, -0.05) is 0 Å². The molecule has 0 bridgehead atoms. The molecule has 0 aromatic heterocycles. The van der Waals surface area contributed by atoms with Gasteiger partial charge < -0.3 is 0 Å². The van der Waals surface area contributed by atoms with Crippen molar-refractivity contribution in [3.63, 3.8) is 0 Å². The van der Waals surface area contributed by atoms with Crippen LogP contribution in [0.1, 0.15) is 0 Å². The van der Waals surface area contributed by atoms with Crippen molar-refractivity contribution < 1.29 is 0 Å². The first-order valence-electron chi connectivity index (χ1n) is 0.286. The highest BCUT2D eigenvalue weighted by Gasteiger charge is 1.00.